The number of hydrogen-bond acceptors (Lipinski definition) is 6. The first-order valence-electron chi connectivity index (χ1n) is 7.71. The number of amides is 1. The van der Waals surface area contributed by atoms with Crippen LogP contribution in [-0.4, -0.2) is 28.4 Å². The summed E-state index contributed by atoms with van der Waals surface area (Å²) in [4.78, 5) is 23.7. The lowest BCUT2D eigenvalue weighted by molar-refractivity contribution is 0.0972. The van der Waals surface area contributed by atoms with Gasteiger partial charge in [0.15, 0.2) is 28.4 Å². The van der Waals surface area contributed by atoms with Crippen LogP contribution >= 0.6 is 24.0 Å². The molecule has 10 heteroatoms. The van der Waals surface area contributed by atoms with Crippen molar-refractivity contribution in [2.24, 2.45) is 10.7 Å². The molecule has 1 aromatic heterocycles. The van der Waals surface area contributed by atoms with E-state index in [-0.39, 0.29) is 40.8 Å². The van der Waals surface area contributed by atoms with Crippen LogP contribution in [0, 0.1) is 0 Å². The fourth-order valence-electron chi connectivity index (χ4n) is 2.11. The fraction of sp³-hybridized carbons (Fsp3) is 0.250. The minimum absolute atomic E-state index is 0. The van der Waals surface area contributed by atoms with E-state index in [0.29, 0.717) is 6.54 Å². The summed E-state index contributed by atoms with van der Waals surface area (Å²) in [6.07, 6.45) is 2.79. The summed E-state index contributed by atoms with van der Waals surface area (Å²) < 4.78 is 0. The van der Waals surface area contributed by atoms with Gasteiger partial charge in [-0.3, -0.25) is 15.1 Å². The van der Waals surface area contributed by atoms with Gasteiger partial charge in [0.25, 0.3) is 5.91 Å². The number of guanidine groups is 1. The molecular formula is C16H21Cl2N7O. The van der Waals surface area contributed by atoms with Crippen LogP contribution in [0.5, 0.6) is 0 Å². The number of rotatable bonds is 6. The van der Waals surface area contributed by atoms with Gasteiger partial charge in [0.1, 0.15) is 0 Å². The van der Waals surface area contributed by atoms with Gasteiger partial charge in [-0.1, -0.05) is 41.9 Å². The Labute approximate surface area is 162 Å². The SMILES string of the molecule is Cl.NC(=NCCCCc1ccccc1)NC(=O)c1nc(Cl)c(N)nc1N. The molecule has 1 heterocycles. The molecule has 26 heavy (non-hydrogen) atoms. The van der Waals surface area contributed by atoms with E-state index in [1.54, 1.807) is 0 Å². The van der Waals surface area contributed by atoms with Crippen LogP contribution in [0.2, 0.25) is 5.15 Å². The smallest absolute Gasteiger partial charge is 0.280 e. The second kappa shape index (κ2) is 10.4. The molecule has 0 aliphatic heterocycles. The highest BCUT2D eigenvalue weighted by molar-refractivity contribution is 6.31. The summed E-state index contributed by atoms with van der Waals surface area (Å²) in [6, 6.07) is 10.2. The number of nitrogens with two attached hydrogens (primary N) is 3. The lowest BCUT2D eigenvalue weighted by Gasteiger charge is -2.07. The van der Waals surface area contributed by atoms with Gasteiger partial charge < -0.3 is 17.2 Å². The van der Waals surface area contributed by atoms with Crippen LogP contribution in [0.4, 0.5) is 11.6 Å². The van der Waals surface area contributed by atoms with Crippen molar-refractivity contribution in [2.75, 3.05) is 18.0 Å². The van der Waals surface area contributed by atoms with E-state index in [9.17, 15) is 4.79 Å². The average molecular weight is 398 g/mol. The Morgan fingerprint density at radius 3 is 2.50 bits per heavy atom. The highest BCUT2D eigenvalue weighted by atomic mass is 35.5. The van der Waals surface area contributed by atoms with Crippen molar-refractivity contribution in [1.82, 2.24) is 15.3 Å². The highest BCUT2D eigenvalue weighted by Crippen LogP contribution is 2.17. The number of anilines is 2. The van der Waals surface area contributed by atoms with E-state index in [4.69, 9.17) is 28.8 Å². The number of nitrogens with zero attached hydrogens (tertiary/aromatic N) is 3. The molecule has 0 saturated heterocycles. The van der Waals surface area contributed by atoms with Gasteiger partial charge in [0, 0.05) is 6.54 Å². The Bertz CT molecular complexity index is 769. The first-order valence-corrected chi connectivity index (χ1v) is 8.09. The molecule has 8 nitrogen and oxygen atoms in total. The molecule has 0 aliphatic rings. The molecular weight excluding hydrogens is 377 g/mol. The number of unbranched alkanes of at least 4 members (excludes halogenated alkanes) is 1. The van der Waals surface area contributed by atoms with E-state index in [2.05, 4.69) is 32.4 Å². The maximum absolute atomic E-state index is 12.1. The number of hydrogen-bond donors (Lipinski definition) is 4. The fourth-order valence-corrected chi connectivity index (χ4v) is 2.24. The molecule has 2 aromatic rings. The van der Waals surface area contributed by atoms with Crippen molar-refractivity contribution >= 4 is 47.5 Å². The predicted molar refractivity (Wildman–Crippen MR) is 106 cm³/mol. The van der Waals surface area contributed by atoms with Crippen molar-refractivity contribution in [1.29, 1.82) is 0 Å². The van der Waals surface area contributed by atoms with Gasteiger partial charge in [-0.05, 0) is 24.8 Å². The number of halogens is 2. The number of aliphatic imine (C=N–C) groups is 1. The molecule has 0 bridgehead atoms. The summed E-state index contributed by atoms with van der Waals surface area (Å²) in [5, 5.41) is 2.30. The van der Waals surface area contributed by atoms with E-state index in [1.165, 1.54) is 5.56 Å². The van der Waals surface area contributed by atoms with Crippen molar-refractivity contribution in [3.8, 4) is 0 Å². The van der Waals surface area contributed by atoms with Crippen molar-refractivity contribution in [3.05, 3.63) is 46.7 Å². The van der Waals surface area contributed by atoms with Crippen LogP contribution in [0.15, 0.2) is 35.3 Å². The zero-order valence-electron chi connectivity index (χ0n) is 14.0. The first-order chi connectivity index (χ1) is 12.0. The number of aromatic nitrogens is 2. The number of nitrogens with one attached hydrogen (secondary N) is 1. The van der Waals surface area contributed by atoms with Gasteiger partial charge in [-0.15, -0.1) is 12.4 Å². The number of aryl methyl sites for hydroxylation is 1. The van der Waals surface area contributed by atoms with E-state index in [0.717, 1.165) is 19.3 Å². The van der Waals surface area contributed by atoms with Gasteiger partial charge in [-0.25, -0.2) is 9.97 Å². The molecule has 0 saturated carbocycles. The third-order valence-corrected chi connectivity index (χ3v) is 3.64. The Morgan fingerprint density at radius 2 is 1.81 bits per heavy atom. The molecule has 0 atom stereocenters. The molecule has 0 fully saturated rings. The Kier molecular flexibility index (Phi) is 8.60. The van der Waals surface area contributed by atoms with Crippen molar-refractivity contribution < 1.29 is 4.79 Å². The topological polar surface area (TPSA) is 145 Å². The predicted octanol–water partition coefficient (Wildman–Crippen LogP) is 1.78. The van der Waals surface area contributed by atoms with Crippen molar-refractivity contribution in [2.45, 2.75) is 19.3 Å². The largest absolute Gasteiger partial charge is 0.382 e. The van der Waals surface area contributed by atoms with E-state index >= 15 is 0 Å². The van der Waals surface area contributed by atoms with Crippen LogP contribution in [0.3, 0.4) is 0 Å². The summed E-state index contributed by atoms with van der Waals surface area (Å²) in [5.74, 6) is -0.831. The third-order valence-electron chi connectivity index (χ3n) is 3.36. The minimum Gasteiger partial charge on any atom is -0.382 e. The van der Waals surface area contributed by atoms with E-state index in [1.807, 2.05) is 18.2 Å². The zero-order chi connectivity index (χ0) is 18.2. The minimum atomic E-state index is -0.641. The average Bonchev–Trinajstić information content (AvgIpc) is 2.58. The third kappa shape index (κ3) is 6.38. The monoisotopic (exact) mass is 397 g/mol. The second-order valence-corrected chi connectivity index (χ2v) is 5.66. The van der Waals surface area contributed by atoms with Gasteiger partial charge in [0.05, 0.1) is 0 Å². The van der Waals surface area contributed by atoms with Crippen LogP contribution in [0.25, 0.3) is 0 Å². The molecule has 0 unspecified atom stereocenters. The Morgan fingerprint density at radius 1 is 1.12 bits per heavy atom. The number of benzene rings is 1. The number of carbonyl (C=O) groups excluding carboxylic acids is 1. The maximum atomic E-state index is 12.1. The Hall–Kier alpha value is -2.58. The quantitative estimate of drug-likeness (QED) is 0.332. The van der Waals surface area contributed by atoms with Gasteiger partial charge >= 0.3 is 0 Å². The first kappa shape index (κ1) is 21.5. The lowest BCUT2D eigenvalue weighted by Crippen LogP contribution is -2.38. The highest BCUT2D eigenvalue weighted by Gasteiger charge is 2.16. The molecule has 140 valence electrons. The molecule has 1 aromatic carbocycles. The molecule has 7 N–H and O–H groups in total. The molecule has 0 radical (unpaired) electrons. The lowest BCUT2D eigenvalue weighted by atomic mass is 10.1. The molecule has 0 spiro atoms. The van der Waals surface area contributed by atoms with Crippen LogP contribution in [-0.2, 0) is 6.42 Å². The number of nitrogen functional groups attached to an aromatic ring is 2. The van der Waals surface area contributed by atoms with Crippen LogP contribution < -0.4 is 22.5 Å². The molecule has 1 amide bonds. The Balaban J connectivity index is 0.00000338. The van der Waals surface area contributed by atoms with Gasteiger partial charge in [0.2, 0.25) is 0 Å². The second-order valence-electron chi connectivity index (χ2n) is 5.30. The molecule has 0 aliphatic carbocycles. The summed E-state index contributed by atoms with van der Waals surface area (Å²) >= 11 is 5.74. The summed E-state index contributed by atoms with van der Waals surface area (Å²) in [5.41, 5.74) is 17.9. The number of carbonyl (C=O) groups is 1. The van der Waals surface area contributed by atoms with E-state index < -0.39 is 5.91 Å². The van der Waals surface area contributed by atoms with Gasteiger partial charge in [-0.2, -0.15) is 0 Å². The van der Waals surface area contributed by atoms with Crippen LogP contribution in [0.1, 0.15) is 28.9 Å². The van der Waals surface area contributed by atoms with Crippen molar-refractivity contribution in [3.63, 3.8) is 0 Å². The zero-order valence-corrected chi connectivity index (χ0v) is 15.6. The maximum Gasteiger partial charge on any atom is 0.280 e. The molecule has 2 rings (SSSR count). The normalized spacial score (nSPS) is 10.9. The summed E-state index contributed by atoms with van der Waals surface area (Å²) in [6.45, 7) is 0.503. The standard InChI is InChI=1S/C16H20ClN7O.ClH/c17-12-14(19)23-13(18)11(22-12)15(25)24-16(20)21-9-5-4-8-10-6-2-1-3-7-10;/h1-3,6-7H,4-5,8-9H2,(H4,18,19,23)(H3,20,21,24,25);1H. The summed E-state index contributed by atoms with van der Waals surface area (Å²) in [7, 11) is 0.